The van der Waals surface area contributed by atoms with E-state index in [-0.39, 0.29) is 11.7 Å². The Labute approximate surface area is 171 Å². The number of thioether (sulfide) groups is 1. The first-order valence-corrected chi connectivity index (χ1v) is 10.3. The molecular formula is C18H25F3N6OS. The Hall–Kier alpha value is -2.43. The molecule has 160 valence electrons. The summed E-state index contributed by atoms with van der Waals surface area (Å²) in [6.45, 7) is 5.63. The lowest BCUT2D eigenvalue weighted by Crippen LogP contribution is -2.23. The average Bonchev–Trinajstić information content (AvgIpc) is 3.00. The maximum atomic E-state index is 12.2. The van der Waals surface area contributed by atoms with Crippen molar-refractivity contribution in [2.24, 2.45) is 16.6 Å². The number of aliphatic imine (C=N–C) groups is 1. The van der Waals surface area contributed by atoms with Crippen LogP contribution in [-0.2, 0) is 13.0 Å². The van der Waals surface area contributed by atoms with Crippen LogP contribution >= 0.6 is 11.8 Å². The third kappa shape index (κ3) is 7.84. The van der Waals surface area contributed by atoms with Crippen molar-refractivity contribution in [2.75, 3.05) is 18.1 Å². The number of aryl methyl sites for hydroxylation is 1. The smallest absolute Gasteiger partial charge is 0.406 e. The molecule has 3 N–H and O–H groups in total. The summed E-state index contributed by atoms with van der Waals surface area (Å²) in [6, 6.07) is 5.27. The number of guanidine groups is 1. The third-order valence-electron chi connectivity index (χ3n) is 3.72. The molecule has 0 spiro atoms. The van der Waals surface area contributed by atoms with E-state index < -0.39 is 6.36 Å². The van der Waals surface area contributed by atoms with Crippen LogP contribution in [0.15, 0.2) is 34.4 Å². The molecule has 0 fully saturated rings. The van der Waals surface area contributed by atoms with Crippen molar-refractivity contribution in [2.45, 2.75) is 44.8 Å². The lowest BCUT2D eigenvalue weighted by molar-refractivity contribution is -0.274. The summed E-state index contributed by atoms with van der Waals surface area (Å²) in [6.07, 6.45) is -1.28. The van der Waals surface area contributed by atoms with Gasteiger partial charge in [-0.1, -0.05) is 25.6 Å². The Bertz CT molecular complexity index is 805. The van der Waals surface area contributed by atoms with Gasteiger partial charge in [0.15, 0.2) is 11.1 Å². The van der Waals surface area contributed by atoms with Crippen LogP contribution in [-0.4, -0.2) is 39.9 Å². The highest BCUT2D eigenvalue weighted by Gasteiger charge is 2.30. The molecule has 29 heavy (non-hydrogen) atoms. The van der Waals surface area contributed by atoms with E-state index in [2.05, 4.69) is 43.7 Å². The van der Waals surface area contributed by atoms with E-state index in [0.717, 1.165) is 30.4 Å². The van der Waals surface area contributed by atoms with Gasteiger partial charge in [0.1, 0.15) is 11.6 Å². The number of alkyl halides is 3. The minimum atomic E-state index is -4.72. The Morgan fingerprint density at radius 3 is 2.55 bits per heavy atom. The molecule has 2 rings (SSSR count). The van der Waals surface area contributed by atoms with Gasteiger partial charge in [-0.3, -0.25) is 4.99 Å². The van der Waals surface area contributed by atoms with Gasteiger partial charge in [-0.2, -0.15) is 0 Å². The molecule has 11 heteroatoms. The number of nitrogens with zero attached hydrogens (tertiary/aromatic N) is 4. The van der Waals surface area contributed by atoms with Crippen molar-refractivity contribution in [1.82, 2.24) is 14.8 Å². The van der Waals surface area contributed by atoms with Crippen LogP contribution in [0.4, 0.5) is 18.9 Å². The van der Waals surface area contributed by atoms with Crippen LogP contribution in [0.2, 0.25) is 0 Å². The number of halogens is 3. The fourth-order valence-electron chi connectivity index (χ4n) is 2.57. The van der Waals surface area contributed by atoms with Crippen LogP contribution < -0.4 is 15.8 Å². The predicted molar refractivity (Wildman–Crippen MR) is 108 cm³/mol. The number of benzene rings is 1. The van der Waals surface area contributed by atoms with Crippen molar-refractivity contribution in [3.8, 4) is 5.75 Å². The number of hydrogen-bond acceptors (Lipinski definition) is 5. The summed E-state index contributed by atoms with van der Waals surface area (Å²) in [5.41, 5.74) is 6.35. The normalized spacial score (nSPS) is 12.4. The summed E-state index contributed by atoms with van der Waals surface area (Å²) >= 11 is 1.57. The molecule has 0 bridgehead atoms. The van der Waals surface area contributed by atoms with E-state index in [1.165, 1.54) is 24.3 Å². The van der Waals surface area contributed by atoms with E-state index in [4.69, 9.17) is 5.73 Å². The second-order valence-electron chi connectivity index (χ2n) is 6.68. The summed E-state index contributed by atoms with van der Waals surface area (Å²) < 4.78 is 42.5. The van der Waals surface area contributed by atoms with Crippen LogP contribution in [0.5, 0.6) is 5.75 Å². The average molecular weight is 431 g/mol. The molecular weight excluding hydrogens is 405 g/mol. The lowest BCUT2D eigenvalue weighted by Gasteiger charge is -2.11. The van der Waals surface area contributed by atoms with Gasteiger partial charge in [-0.25, -0.2) is 0 Å². The van der Waals surface area contributed by atoms with Gasteiger partial charge in [0.25, 0.3) is 0 Å². The van der Waals surface area contributed by atoms with Gasteiger partial charge >= 0.3 is 6.36 Å². The van der Waals surface area contributed by atoms with Crippen LogP contribution in [0.1, 0.15) is 26.1 Å². The first kappa shape index (κ1) is 22.9. The van der Waals surface area contributed by atoms with E-state index in [1.54, 1.807) is 11.8 Å². The molecule has 0 radical (unpaired) electrons. The number of nitrogens with two attached hydrogens (primary N) is 1. The Morgan fingerprint density at radius 1 is 1.28 bits per heavy atom. The number of rotatable bonds is 9. The number of nitrogens with one attached hydrogen (secondary N) is 1. The van der Waals surface area contributed by atoms with Gasteiger partial charge in [0.05, 0.1) is 0 Å². The monoisotopic (exact) mass is 430 g/mol. The number of aromatic nitrogens is 3. The van der Waals surface area contributed by atoms with Gasteiger partial charge in [-0.15, -0.1) is 23.4 Å². The summed E-state index contributed by atoms with van der Waals surface area (Å²) in [4.78, 5) is 4.24. The van der Waals surface area contributed by atoms with E-state index in [9.17, 15) is 13.2 Å². The fraction of sp³-hybridized carbons (Fsp3) is 0.500. The number of ether oxygens (including phenoxy) is 1. The van der Waals surface area contributed by atoms with Gasteiger partial charge in [0.2, 0.25) is 0 Å². The second-order valence-corrected chi connectivity index (χ2v) is 7.45. The van der Waals surface area contributed by atoms with Crippen LogP contribution in [0, 0.1) is 5.92 Å². The Kier molecular flexibility index (Phi) is 8.18. The quantitative estimate of drug-likeness (QED) is 0.271. The lowest BCUT2D eigenvalue weighted by atomic mass is 10.2. The highest BCUT2D eigenvalue weighted by atomic mass is 32.2. The summed E-state index contributed by atoms with van der Waals surface area (Å²) in [5.74, 6) is 1.29. The van der Waals surface area contributed by atoms with Crippen molar-refractivity contribution >= 4 is 23.4 Å². The van der Waals surface area contributed by atoms with Crippen LogP contribution in [0.25, 0.3) is 0 Å². The zero-order valence-electron chi connectivity index (χ0n) is 16.5. The first-order valence-electron chi connectivity index (χ1n) is 9.06. The van der Waals surface area contributed by atoms with Gasteiger partial charge in [-0.05, 0) is 42.9 Å². The van der Waals surface area contributed by atoms with Gasteiger partial charge < -0.3 is 20.4 Å². The van der Waals surface area contributed by atoms with Crippen molar-refractivity contribution in [3.05, 3.63) is 30.1 Å². The minimum Gasteiger partial charge on any atom is -0.406 e. The molecule has 0 aliphatic rings. The number of anilines is 1. The SMILES string of the molecule is CSc1nnc(CCCN=C(N)Nc2ccc(OC(F)(F)F)cc2)n1CC(C)C. The predicted octanol–water partition coefficient (Wildman–Crippen LogP) is 3.91. The maximum absolute atomic E-state index is 12.2. The first-order chi connectivity index (χ1) is 13.7. The zero-order valence-corrected chi connectivity index (χ0v) is 17.3. The zero-order chi connectivity index (χ0) is 21.4. The molecule has 0 atom stereocenters. The molecule has 2 aromatic rings. The molecule has 0 saturated heterocycles. The molecule has 0 aliphatic heterocycles. The molecule has 0 amide bonds. The van der Waals surface area contributed by atoms with Crippen molar-refractivity contribution in [1.29, 1.82) is 0 Å². The molecule has 0 aliphatic carbocycles. The highest BCUT2D eigenvalue weighted by molar-refractivity contribution is 7.98. The molecule has 1 aromatic carbocycles. The third-order valence-corrected chi connectivity index (χ3v) is 4.39. The van der Waals surface area contributed by atoms with E-state index in [0.29, 0.717) is 18.2 Å². The molecule has 7 nitrogen and oxygen atoms in total. The standard InChI is InChI=1S/C18H25F3N6OS/c1-12(2)11-27-15(25-26-17(27)29-3)5-4-10-23-16(22)24-13-6-8-14(9-7-13)28-18(19,20)21/h6-9,12H,4-5,10-11H2,1-3H3,(H3,22,23,24). The maximum Gasteiger partial charge on any atom is 0.573 e. The second kappa shape index (κ2) is 10.4. The van der Waals surface area contributed by atoms with Crippen molar-refractivity contribution < 1.29 is 17.9 Å². The van der Waals surface area contributed by atoms with Crippen molar-refractivity contribution in [3.63, 3.8) is 0 Å². The molecule has 1 heterocycles. The van der Waals surface area contributed by atoms with Gasteiger partial charge in [0, 0.05) is 25.2 Å². The topological polar surface area (TPSA) is 90.3 Å². The fourth-order valence-corrected chi connectivity index (χ4v) is 3.09. The Morgan fingerprint density at radius 2 is 1.97 bits per heavy atom. The van der Waals surface area contributed by atoms with E-state index >= 15 is 0 Å². The molecule has 1 aromatic heterocycles. The molecule has 0 unspecified atom stereocenters. The molecule has 0 saturated carbocycles. The summed E-state index contributed by atoms with van der Waals surface area (Å²) in [5, 5.41) is 12.2. The number of hydrogen-bond donors (Lipinski definition) is 2. The Balaban J connectivity index is 1.84. The van der Waals surface area contributed by atoms with E-state index in [1.807, 2.05) is 6.26 Å². The van der Waals surface area contributed by atoms with Crippen LogP contribution in [0.3, 0.4) is 0 Å². The highest BCUT2D eigenvalue weighted by Crippen LogP contribution is 2.23. The summed E-state index contributed by atoms with van der Waals surface area (Å²) in [7, 11) is 0. The largest absolute Gasteiger partial charge is 0.573 e. The minimum absolute atomic E-state index is 0.183.